The molecule has 1 unspecified atom stereocenters. The zero-order valence-electron chi connectivity index (χ0n) is 11.2. The van der Waals surface area contributed by atoms with E-state index in [1.165, 1.54) is 5.56 Å². The molecular formula is C14H23ClN2. The van der Waals surface area contributed by atoms with E-state index in [-0.39, 0.29) is 5.54 Å². The van der Waals surface area contributed by atoms with Gasteiger partial charge in [-0.05, 0) is 58.5 Å². The van der Waals surface area contributed by atoms with Gasteiger partial charge in [0.25, 0.3) is 0 Å². The fourth-order valence-electron chi connectivity index (χ4n) is 1.92. The van der Waals surface area contributed by atoms with E-state index in [0.717, 1.165) is 17.9 Å². The Kier molecular flexibility index (Phi) is 4.99. The van der Waals surface area contributed by atoms with Crippen LogP contribution in [0.1, 0.15) is 38.3 Å². The first-order chi connectivity index (χ1) is 7.79. The fraction of sp³-hybridized carbons (Fsp3) is 0.571. The second-order valence-corrected chi connectivity index (χ2v) is 5.99. The molecule has 0 spiro atoms. The van der Waals surface area contributed by atoms with Crippen molar-refractivity contribution in [3.8, 4) is 0 Å². The summed E-state index contributed by atoms with van der Waals surface area (Å²) in [5.74, 6) is 0. The molecule has 0 radical (unpaired) electrons. The molecule has 1 aromatic carbocycles. The molecule has 17 heavy (non-hydrogen) atoms. The smallest absolute Gasteiger partial charge is 0.0406 e. The molecule has 0 aromatic heterocycles. The van der Waals surface area contributed by atoms with Crippen LogP contribution < -0.4 is 5.73 Å². The zero-order valence-corrected chi connectivity index (χ0v) is 12.0. The third kappa shape index (κ3) is 5.07. The molecule has 0 aliphatic carbocycles. The van der Waals surface area contributed by atoms with E-state index in [0.29, 0.717) is 6.04 Å². The van der Waals surface area contributed by atoms with Gasteiger partial charge in [0, 0.05) is 16.6 Å². The van der Waals surface area contributed by atoms with Gasteiger partial charge in [-0.3, -0.25) is 0 Å². The maximum Gasteiger partial charge on any atom is 0.0406 e. The quantitative estimate of drug-likeness (QED) is 0.872. The van der Waals surface area contributed by atoms with Gasteiger partial charge >= 0.3 is 0 Å². The number of halogens is 1. The first kappa shape index (κ1) is 14.5. The molecule has 0 bridgehead atoms. The van der Waals surface area contributed by atoms with Crippen LogP contribution in [-0.4, -0.2) is 24.5 Å². The van der Waals surface area contributed by atoms with Crippen LogP contribution in [-0.2, 0) is 0 Å². The van der Waals surface area contributed by atoms with Crippen LogP contribution in [0.25, 0.3) is 0 Å². The lowest BCUT2D eigenvalue weighted by atomic mass is 9.93. The van der Waals surface area contributed by atoms with Crippen molar-refractivity contribution in [1.82, 2.24) is 4.90 Å². The number of hydrogen-bond acceptors (Lipinski definition) is 2. The van der Waals surface area contributed by atoms with Gasteiger partial charge in [-0.15, -0.1) is 0 Å². The number of nitrogens with two attached hydrogens (primary N) is 1. The van der Waals surface area contributed by atoms with E-state index in [4.69, 9.17) is 17.3 Å². The molecule has 1 atom stereocenters. The number of nitrogens with zero attached hydrogens (tertiary/aromatic N) is 1. The maximum absolute atomic E-state index is 6.05. The van der Waals surface area contributed by atoms with Crippen LogP contribution in [0.15, 0.2) is 24.3 Å². The summed E-state index contributed by atoms with van der Waals surface area (Å²) >= 11 is 5.91. The van der Waals surface area contributed by atoms with Gasteiger partial charge in [-0.1, -0.05) is 23.7 Å². The number of hydrogen-bond donors (Lipinski definition) is 1. The van der Waals surface area contributed by atoms with Gasteiger partial charge in [0.05, 0.1) is 0 Å². The minimum atomic E-state index is -0.110. The summed E-state index contributed by atoms with van der Waals surface area (Å²) in [6.07, 6.45) is 2.05. The molecule has 0 fully saturated rings. The van der Waals surface area contributed by atoms with Gasteiger partial charge in [-0.25, -0.2) is 0 Å². The van der Waals surface area contributed by atoms with Crippen molar-refractivity contribution in [1.29, 1.82) is 0 Å². The summed E-state index contributed by atoms with van der Waals surface area (Å²) in [5, 5.41) is 0.783. The van der Waals surface area contributed by atoms with Gasteiger partial charge in [0.2, 0.25) is 0 Å². The van der Waals surface area contributed by atoms with Crippen molar-refractivity contribution in [3.63, 3.8) is 0 Å². The lowest BCUT2D eigenvalue weighted by Gasteiger charge is -2.28. The number of benzene rings is 1. The van der Waals surface area contributed by atoms with E-state index in [1.54, 1.807) is 0 Å². The summed E-state index contributed by atoms with van der Waals surface area (Å²) in [6.45, 7) is 4.14. The van der Waals surface area contributed by atoms with E-state index in [9.17, 15) is 0 Å². The number of rotatable bonds is 5. The Bertz CT molecular complexity index is 338. The van der Waals surface area contributed by atoms with Crippen LogP contribution in [0, 0.1) is 0 Å². The molecule has 2 N–H and O–H groups in total. The van der Waals surface area contributed by atoms with Crippen molar-refractivity contribution < 1.29 is 0 Å². The lowest BCUT2D eigenvalue weighted by Crippen LogP contribution is -2.33. The highest BCUT2D eigenvalue weighted by molar-refractivity contribution is 6.30. The Hall–Kier alpha value is -0.570. The summed E-state index contributed by atoms with van der Waals surface area (Å²) in [7, 11) is 4.20. The highest BCUT2D eigenvalue weighted by Gasteiger charge is 2.18. The Morgan fingerprint density at radius 3 is 2.18 bits per heavy atom. The van der Waals surface area contributed by atoms with E-state index in [2.05, 4.69) is 45.0 Å². The Labute approximate surface area is 110 Å². The van der Waals surface area contributed by atoms with E-state index >= 15 is 0 Å². The molecule has 0 amide bonds. The predicted molar refractivity (Wildman–Crippen MR) is 75.4 cm³/mol. The van der Waals surface area contributed by atoms with Crippen LogP contribution >= 0.6 is 11.6 Å². The Morgan fingerprint density at radius 2 is 1.76 bits per heavy atom. The second kappa shape index (κ2) is 5.85. The summed E-state index contributed by atoms with van der Waals surface area (Å²) in [4.78, 5) is 2.23. The average molecular weight is 255 g/mol. The molecule has 3 heteroatoms. The molecule has 1 rings (SSSR count). The lowest BCUT2D eigenvalue weighted by molar-refractivity contribution is 0.261. The van der Waals surface area contributed by atoms with E-state index in [1.807, 2.05) is 12.1 Å². The van der Waals surface area contributed by atoms with Crippen LogP contribution in [0.3, 0.4) is 0 Å². The largest absolute Gasteiger partial charge is 0.326 e. The molecule has 0 saturated heterocycles. The second-order valence-electron chi connectivity index (χ2n) is 5.56. The molecule has 0 aliphatic heterocycles. The summed E-state index contributed by atoms with van der Waals surface area (Å²) < 4.78 is 0. The molecule has 96 valence electrons. The normalized spacial score (nSPS) is 14.1. The predicted octanol–water partition coefficient (Wildman–Crippen LogP) is 3.46. The van der Waals surface area contributed by atoms with Crippen LogP contribution in [0.2, 0.25) is 5.02 Å². The molecule has 2 nitrogen and oxygen atoms in total. The van der Waals surface area contributed by atoms with Crippen LogP contribution in [0.4, 0.5) is 0 Å². The minimum Gasteiger partial charge on any atom is -0.326 e. The highest BCUT2D eigenvalue weighted by atomic mass is 35.5. The third-order valence-corrected chi connectivity index (χ3v) is 3.19. The van der Waals surface area contributed by atoms with Crippen molar-refractivity contribution >= 4 is 11.6 Å². The molecule has 0 saturated carbocycles. The molecule has 1 aromatic rings. The van der Waals surface area contributed by atoms with Gasteiger partial charge in [-0.2, -0.15) is 0 Å². The van der Waals surface area contributed by atoms with Crippen molar-refractivity contribution in [3.05, 3.63) is 34.9 Å². The Morgan fingerprint density at radius 1 is 1.24 bits per heavy atom. The topological polar surface area (TPSA) is 29.3 Å². The van der Waals surface area contributed by atoms with Crippen molar-refractivity contribution in [2.45, 2.75) is 38.3 Å². The third-order valence-electron chi connectivity index (χ3n) is 2.94. The van der Waals surface area contributed by atoms with Crippen molar-refractivity contribution in [2.24, 2.45) is 5.73 Å². The van der Waals surface area contributed by atoms with E-state index < -0.39 is 0 Å². The monoisotopic (exact) mass is 254 g/mol. The molecule has 0 aliphatic rings. The standard InChI is InChI=1S/C14H23ClN2/c1-14(2,16)10-9-13(17(3)4)11-5-7-12(15)8-6-11/h5-8,13H,9-10,16H2,1-4H3. The average Bonchev–Trinajstić information content (AvgIpc) is 2.18. The molecular weight excluding hydrogens is 232 g/mol. The Balaban J connectivity index is 2.76. The maximum atomic E-state index is 6.05. The summed E-state index contributed by atoms with van der Waals surface area (Å²) in [5.41, 5.74) is 7.23. The minimum absolute atomic E-state index is 0.110. The first-order valence-electron chi connectivity index (χ1n) is 6.00. The fourth-order valence-corrected chi connectivity index (χ4v) is 2.04. The first-order valence-corrected chi connectivity index (χ1v) is 6.38. The van der Waals surface area contributed by atoms with Crippen LogP contribution in [0.5, 0.6) is 0 Å². The molecule has 0 heterocycles. The zero-order chi connectivity index (χ0) is 13.1. The van der Waals surface area contributed by atoms with Gasteiger partial charge < -0.3 is 10.6 Å². The summed E-state index contributed by atoms with van der Waals surface area (Å²) in [6, 6.07) is 8.48. The van der Waals surface area contributed by atoms with Crippen molar-refractivity contribution in [2.75, 3.05) is 14.1 Å². The van der Waals surface area contributed by atoms with Gasteiger partial charge in [0.1, 0.15) is 0 Å². The van der Waals surface area contributed by atoms with Gasteiger partial charge in [0.15, 0.2) is 0 Å². The highest BCUT2D eigenvalue weighted by Crippen LogP contribution is 2.26. The SMILES string of the molecule is CN(C)C(CCC(C)(C)N)c1ccc(Cl)cc1.